The monoisotopic (exact) mass is 282 g/mol. The molecule has 0 aliphatic rings. The van der Waals surface area contributed by atoms with Crippen molar-refractivity contribution in [3.05, 3.63) is 32.6 Å². The Kier molecular flexibility index (Phi) is 5.26. The molecule has 0 saturated heterocycles. The van der Waals surface area contributed by atoms with Crippen LogP contribution < -0.4 is 17.0 Å². The lowest BCUT2D eigenvalue weighted by molar-refractivity contribution is 0.0687. The second-order valence-electron chi connectivity index (χ2n) is 5.58. The number of hydrogen-bond donors (Lipinski definition) is 3. The van der Waals surface area contributed by atoms with E-state index in [2.05, 4.69) is 9.97 Å². The molecule has 1 aromatic heterocycles. The Morgan fingerprint density at radius 1 is 1.40 bits per heavy atom. The molecule has 7 heteroatoms. The molecule has 0 bridgehead atoms. The van der Waals surface area contributed by atoms with Crippen LogP contribution in [-0.2, 0) is 0 Å². The van der Waals surface area contributed by atoms with Crippen LogP contribution in [0.15, 0.2) is 15.8 Å². The van der Waals surface area contributed by atoms with Crippen molar-refractivity contribution in [2.75, 3.05) is 19.6 Å². The number of nitrogens with one attached hydrogen (secondary N) is 2. The van der Waals surface area contributed by atoms with E-state index >= 15 is 0 Å². The van der Waals surface area contributed by atoms with E-state index in [1.807, 2.05) is 20.8 Å². The van der Waals surface area contributed by atoms with Crippen molar-refractivity contribution in [2.45, 2.75) is 27.2 Å². The van der Waals surface area contributed by atoms with Crippen LogP contribution in [0.2, 0.25) is 0 Å². The molecule has 0 aliphatic heterocycles. The number of amides is 1. The molecule has 0 atom stereocenters. The molecule has 0 unspecified atom stereocenters. The zero-order valence-corrected chi connectivity index (χ0v) is 12.2. The summed E-state index contributed by atoms with van der Waals surface area (Å²) in [5.74, 6) is -0.397. The highest BCUT2D eigenvalue weighted by Gasteiger charge is 2.25. The van der Waals surface area contributed by atoms with Gasteiger partial charge in [-0.1, -0.05) is 20.8 Å². The van der Waals surface area contributed by atoms with Gasteiger partial charge in [-0.2, -0.15) is 0 Å². The summed E-state index contributed by atoms with van der Waals surface area (Å²) in [5.41, 5.74) is 4.08. The van der Waals surface area contributed by atoms with Crippen molar-refractivity contribution in [3.63, 3.8) is 0 Å². The summed E-state index contributed by atoms with van der Waals surface area (Å²) in [6.07, 6.45) is 1.93. The largest absolute Gasteiger partial charge is 0.338 e. The molecule has 0 aliphatic carbocycles. The quantitative estimate of drug-likeness (QED) is 0.676. The Morgan fingerprint density at radius 2 is 2.05 bits per heavy atom. The molecule has 1 heterocycles. The van der Waals surface area contributed by atoms with Gasteiger partial charge in [-0.15, -0.1) is 0 Å². The molecule has 20 heavy (non-hydrogen) atoms. The van der Waals surface area contributed by atoms with Crippen LogP contribution in [0.4, 0.5) is 0 Å². The summed E-state index contributed by atoms with van der Waals surface area (Å²) in [7, 11) is 0. The van der Waals surface area contributed by atoms with Crippen molar-refractivity contribution in [1.29, 1.82) is 0 Å². The van der Waals surface area contributed by atoms with Crippen molar-refractivity contribution in [2.24, 2.45) is 11.1 Å². The number of nitrogens with zero attached hydrogens (tertiary/aromatic N) is 1. The Hall–Kier alpha value is -1.89. The first kappa shape index (κ1) is 16.2. The molecule has 4 N–H and O–H groups in total. The Labute approximate surface area is 117 Å². The molecular weight excluding hydrogens is 260 g/mol. The molecule has 1 aromatic rings. The lowest BCUT2D eigenvalue weighted by atomic mass is 9.93. The third-order valence-corrected chi connectivity index (χ3v) is 3.00. The van der Waals surface area contributed by atoms with Gasteiger partial charge in [0.05, 0.1) is 0 Å². The van der Waals surface area contributed by atoms with Gasteiger partial charge < -0.3 is 15.6 Å². The Morgan fingerprint density at radius 3 is 2.55 bits per heavy atom. The summed E-state index contributed by atoms with van der Waals surface area (Å²) < 4.78 is 0. The summed E-state index contributed by atoms with van der Waals surface area (Å²) >= 11 is 0. The summed E-state index contributed by atoms with van der Waals surface area (Å²) in [6, 6.07) is 0. The van der Waals surface area contributed by atoms with Crippen LogP contribution in [-0.4, -0.2) is 40.4 Å². The number of aromatic amines is 2. The SMILES string of the molecule is CCCN(CC(C)(C)CN)C(=O)c1c[nH]c(=O)[nH]c1=O. The predicted octanol–water partition coefficient (Wildman–Crippen LogP) is -0.0997. The van der Waals surface area contributed by atoms with E-state index in [1.54, 1.807) is 4.90 Å². The fourth-order valence-corrected chi connectivity index (χ4v) is 1.84. The second-order valence-corrected chi connectivity index (χ2v) is 5.58. The third kappa shape index (κ3) is 4.06. The minimum absolute atomic E-state index is 0.0640. The maximum absolute atomic E-state index is 12.4. The number of hydrogen-bond acceptors (Lipinski definition) is 4. The topological polar surface area (TPSA) is 112 Å². The summed E-state index contributed by atoms with van der Waals surface area (Å²) in [4.78, 5) is 41.0. The van der Waals surface area contributed by atoms with Crippen molar-refractivity contribution >= 4 is 5.91 Å². The lowest BCUT2D eigenvalue weighted by Crippen LogP contribution is -2.44. The zero-order chi connectivity index (χ0) is 15.3. The molecule has 0 spiro atoms. The minimum atomic E-state index is -0.676. The van der Waals surface area contributed by atoms with Crippen molar-refractivity contribution in [3.8, 4) is 0 Å². The van der Waals surface area contributed by atoms with E-state index < -0.39 is 17.2 Å². The molecule has 0 saturated carbocycles. The van der Waals surface area contributed by atoms with Gasteiger partial charge in [0, 0.05) is 19.3 Å². The van der Waals surface area contributed by atoms with E-state index in [9.17, 15) is 14.4 Å². The van der Waals surface area contributed by atoms with Crippen molar-refractivity contribution in [1.82, 2.24) is 14.9 Å². The second kappa shape index (κ2) is 6.51. The highest BCUT2D eigenvalue weighted by atomic mass is 16.2. The molecule has 0 fully saturated rings. The number of carbonyl (C=O) groups excluding carboxylic acids is 1. The van der Waals surface area contributed by atoms with Crippen LogP contribution in [0.3, 0.4) is 0 Å². The number of aromatic nitrogens is 2. The Bertz CT molecular complexity index is 573. The van der Waals surface area contributed by atoms with E-state index in [1.165, 1.54) is 0 Å². The first-order valence-electron chi connectivity index (χ1n) is 6.62. The highest BCUT2D eigenvalue weighted by Crippen LogP contribution is 2.16. The van der Waals surface area contributed by atoms with Crippen LogP contribution in [0.5, 0.6) is 0 Å². The maximum atomic E-state index is 12.4. The number of nitrogens with two attached hydrogens (primary N) is 1. The average molecular weight is 282 g/mol. The van der Waals surface area contributed by atoms with E-state index in [0.717, 1.165) is 12.6 Å². The molecule has 0 radical (unpaired) electrons. The molecule has 112 valence electrons. The minimum Gasteiger partial charge on any atom is -0.338 e. The fraction of sp³-hybridized carbons (Fsp3) is 0.615. The van der Waals surface area contributed by atoms with Gasteiger partial charge in [0.2, 0.25) is 0 Å². The first-order valence-corrected chi connectivity index (χ1v) is 6.62. The fourth-order valence-electron chi connectivity index (χ4n) is 1.84. The Balaban J connectivity index is 3.05. The molecule has 0 aromatic carbocycles. The van der Waals surface area contributed by atoms with Gasteiger partial charge in [-0.05, 0) is 18.4 Å². The van der Waals surface area contributed by atoms with E-state index in [-0.39, 0.29) is 11.0 Å². The number of rotatable bonds is 6. The van der Waals surface area contributed by atoms with E-state index in [4.69, 9.17) is 5.73 Å². The third-order valence-electron chi connectivity index (χ3n) is 3.00. The van der Waals surface area contributed by atoms with Gasteiger partial charge in [-0.3, -0.25) is 14.6 Å². The van der Waals surface area contributed by atoms with Crippen LogP contribution in [0.1, 0.15) is 37.6 Å². The van der Waals surface area contributed by atoms with Crippen molar-refractivity contribution < 1.29 is 4.79 Å². The predicted molar refractivity (Wildman–Crippen MR) is 76.7 cm³/mol. The average Bonchev–Trinajstić information content (AvgIpc) is 2.37. The number of carbonyl (C=O) groups is 1. The van der Waals surface area contributed by atoms with Crippen LogP contribution >= 0.6 is 0 Å². The molecule has 7 nitrogen and oxygen atoms in total. The number of H-pyrrole nitrogens is 2. The van der Waals surface area contributed by atoms with Crippen LogP contribution in [0, 0.1) is 5.41 Å². The smallest absolute Gasteiger partial charge is 0.325 e. The lowest BCUT2D eigenvalue weighted by Gasteiger charge is -2.31. The van der Waals surface area contributed by atoms with Gasteiger partial charge in [0.1, 0.15) is 5.56 Å². The maximum Gasteiger partial charge on any atom is 0.325 e. The zero-order valence-electron chi connectivity index (χ0n) is 12.2. The normalized spacial score (nSPS) is 11.4. The molecular formula is C13H22N4O3. The van der Waals surface area contributed by atoms with Gasteiger partial charge in [0.15, 0.2) is 0 Å². The van der Waals surface area contributed by atoms with Gasteiger partial charge in [-0.25, -0.2) is 4.79 Å². The van der Waals surface area contributed by atoms with Gasteiger partial charge >= 0.3 is 5.69 Å². The van der Waals surface area contributed by atoms with Crippen LogP contribution in [0.25, 0.3) is 0 Å². The highest BCUT2D eigenvalue weighted by molar-refractivity contribution is 5.93. The standard InChI is InChI=1S/C13H22N4O3/c1-4-5-17(8-13(2,3)7-14)11(19)9-6-15-12(20)16-10(9)18/h6H,4-5,7-8,14H2,1-3H3,(H2,15,16,18,20). The van der Waals surface area contributed by atoms with Gasteiger partial charge in [0.25, 0.3) is 11.5 Å². The summed E-state index contributed by atoms with van der Waals surface area (Å²) in [6.45, 7) is 7.28. The molecule has 1 rings (SSSR count). The summed E-state index contributed by atoms with van der Waals surface area (Å²) in [5, 5.41) is 0. The first-order chi connectivity index (χ1) is 9.30. The molecule has 1 amide bonds. The van der Waals surface area contributed by atoms with E-state index in [0.29, 0.717) is 19.6 Å².